The minimum absolute atomic E-state index is 0.0371. The molecule has 0 bridgehead atoms. The maximum absolute atomic E-state index is 12.8. The zero-order chi connectivity index (χ0) is 39.3. The van der Waals surface area contributed by atoms with Crippen molar-refractivity contribution in [3.05, 3.63) is 97.2 Å². The van der Waals surface area contributed by atoms with Gasteiger partial charge in [0.2, 0.25) is 5.91 Å². The normalized spacial score (nSPS) is 15.5. The van der Waals surface area contributed by atoms with Gasteiger partial charge < -0.3 is 19.8 Å². The number of hydrogen-bond donors (Lipinski definition) is 3. The van der Waals surface area contributed by atoms with Crippen LogP contribution in [0.3, 0.4) is 0 Å². The van der Waals surface area contributed by atoms with E-state index in [4.69, 9.17) is 9.05 Å². The van der Waals surface area contributed by atoms with E-state index in [-0.39, 0.29) is 25.5 Å². The van der Waals surface area contributed by atoms with Gasteiger partial charge in [-0.25, -0.2) is 4.57 Å². The minimum Gasteiger partial charge on any atom is -0.387 e. The van der Waals surface area contributed by atoms with Gasteiger partial charge in [-0.2, -0.15) is 0 Å². The van der Waals surface area contributed by atoms with Gasteiger partial charge in [0, 0.05) is 6.42 Å². The van der Waals surface area contributed by atoms with E-state index in [0.717, 1.165) is 70.6 Å². The first-order valence-electron chi connectivity index (χ1n) is 20.1. The lowest BCUT2D eigenvalue weighted by molar-refractivity contribution is -0.870. The lowest BCUT2D eigenvalue weighted by atomic mass is 10.1. The molecule has 302 valence electrons. The average molecular weight is 760 g/mol. The number of quaternary nitrogens is 1. The van der Waals surface area contributed by atoms with Crippen molar-refractivity contribution >= 4 is 13.7 Å². The standard InChI is InChI=1S/C44H75N2O6P/c1-6-8-10-12-14-16-18-20-22-23-24-26-28-30-32-34-36-38-44(48)45-42(41-52-53(49,50)51-40-39-46(3,4)5)43(47)37-35-33-31-29-27-25-21-19-17-15-13-11-9-7-2/h8,10,14,16-17,19-20,22,24,26-27,29-30,32,35,37,42-43,47H,6-7,9,11-13,15,18,21,23,25,28,31,33-34,36,38-41H2,1-5H3,(H-,45,48,49,50)/p+1/b10-8-,16-14-,19-17+,22-20-,26-24-,29-27+,32-30-,37-35+. The van der Waals surface area contributed by atoms with Crippen molar-refractivity contribution < 1.29 is 32.9 Å². The number of allylic oxidation sites excluding steroid dienone is 15. The monoisotopic (exact) mass is 760 g/mol. The molecule has 3 unspecified atom stereocenters. The second-order valence-electron chi connectivity index (χ2n) is 14.3. The molecule has 0 heterocycles. The number of rotatable bonds is 34. The summed E-state index contributed by atoms with van der Waals surface area (Å²) in [5.74, 6) is -0.255. The molecule has 3 N–H and O–H groups in total. The first kappa shape index (κ1) is 50.4. The molecule has 0 rings (SSSR count). The van der Waals surface area contributed by atoms with Crippen LogP contribution in [0.15, 0.2) is 97.2 Å². The number of nitrogens with zero attached hydrogens (tertiary/aromatic N) is 1. The molecule has 0 aromatic heterocycles. The number of unbranched alkanes of at least 4 members (excludes halogenated alkanes) is 7. The quantitative estimate of drug-likeness (QED) is 0.0261. The lowest BCUT2D eigenvalue weighted by Crippen LogP contribution is -2.45. The maximum Gasteiger partial charge on any atom is 0.472 e. The summed E-state index contributed by atoms with van der Waals surface area (Å²) in [6, 6.07) is -0.903. The molecule has 0 fully saturated rings. The van der Waals surface area contributed by atoms with Crippen molar-refractivity contribution in [1.82, 2.24) is 5.32 Å². The summed E-state index contributed by atoms with van der Waals surface area (Å²) in [6.07, 6.45) is 49.1. The van der Waals surface area contributed by atoms with Crippen LogP contribution in [0, 0.1) is 0 Å². The Labute approximate surface area is 324 Å². The van der Waals surface area contributed by atoms with Gasteiger partial charge in [-0.15, -0.1) is 0 Å². The van der Waals surface area contributed by atoms with Gasteiger partial charge in [-0.3, -0.25) is 13.8 Å². The Morgan fingerprint density at radius 1 is 0.660 bits per heavy atom. The van der Waals surface area contributed by atoms with Gasteiger partial charge in [0.05, 0.1) is 39.9 Å². The smallest absolute Gasteiger partial charge is 0.387 e. The predicted molar refractivity (Wildman–Crippen MR) is 226 cm³/mol. The second kappa shape index (κ2) is 35.1. The van der Waals surface area contributed by atoms with Gasteiger partial charge in [-0.1, -0.05) is 130 Å². The molecule has 1 amide bonds. The van der Waals surface area contributed by atoms with E-state index in [0.29, 0.717) is 17.4 Å². The Kier molecular flexibility index (Phi) is 33.4. The van der Waals surface area contributed by atoms with Crippen LogP contribution in [0.1, 0.15) is 123 Å². The summed E-state index contributed by atoms with van der Waals surface area (Å²) in [5.41, 5.74) is 0. The third kappa shape index (κ3) is 37.5. The Morgan fingerprint density at radius 3 is 1.70 bits per heavy atom. The number of amides is 1. The number of hydrogen-bond acceptors (Lipinski definition) is 5. The summed E-state index contributed by atoms with van der Waals surface area (Å²) in [7, 11) is 1.49. The summed E-state index contributed by atoms with van der Waals surface area (Å²) < 4.78 is 23.4. The lowest BCUT2D eigenvalue weighted by Gasteiger charge is -2.25. The van der Waals surface area contributed by atoms with Crippen LogP contribution in [-0.2, 0) is 18.4 Å². The van der Waals surface area contributed by atoms with Crippen molar-refractivity contribution in [3.8, 4) is 0 Å². The van der Waals surface area contributed by atoms with Gasteiger partial charge >= 0.3 is 7.82 Å². The number of carbonyl (C=O) groups is 1. The van der Waals surface area contributed by atoms with Gasteiger partial charge in [0.25, 0.3) is 0 Å². The maximum atomic E-state index is 12.8. The molecule has 0 aromatic rings. The minimum atomic E-state index is -4.37. The van der Waals surface area contributed by atoms with Crippen LogP contribution in [0.5, 0.6) is 0 Å². The Bertz CT molecular complexity index is 1180. The number of phosphoric acid groups is 1. The predicted octanol–water partition coefficient (Wildman–Crippen LogP) is 10.8. The van der Waals surface area contributed by atoms with E-state index in [2.05, 4.69) is 104 Å². The van der Waals surface area contributed by atoms with Crippen LogP contribution in [0.25, 0.3) is 0 Å². The van der Waals surface area contributed by atoms with Crippen LogP contribution >= 0.6 is 7.82 Å². The molecule has 8 nitrogen and oxygen atoms in total. The fourth-order valence-electron chi connectivity index (χ4n) is 4.81. The molecule has 0 saturated carbocycles. The highest BCUT2D eigenvalue weighted by molar-refractivity contribution is 7.47. The van der Waals surface area contributed by atoms with E-state index in [9.17, 15) is 19.4 Å². The zero-order valence-corrected chi connectivity index (χ0v) is 34.9. The largest absolute Gasteiger partial charge is 0.472 e. The van der Waals surface area contributed by atoms with Crippen LogP contribution < -0.4 is 5.32 Å². The van der Waals surface area contributed by atoms with Crippen molar-refractivity contribution in [3.63, 3.8) is 0 Å². The molecule has 3 atom stereocenters. The molecule has 0 saturated heterocycles. The van der Waals surface area contributed by atoms with E-state index < -0.39 is 20.0 Å². The van der Waals surface area contributed by atoms with Crippen LogP contribution in [0.4, 0.5) is 0 Å². The summed E-state index contributed by atoms with van der Waals surface area (Å²) in [5, 5.41) is 13.7. The summed E-state index contributed by atoms with van der Waals surface area (Å²) in [6.45, 7) is 4.56. The van der Waals surface area contributed by atoms with E-state index in [1.165, 1.54) is 25.7 Å². The summed E-state index contributed by atoms with van der Waals surface area (Å²) >= 11 is 0. The molecule has 0 aliphatic carbocycles. The highest BCUT2D eigenvalue weighted by Crippen LogP contribution is 2.43. The molecule has 0 aromatic carbocycles. The topological polar surface area (TPSA) is 105 Å². The molecule has 0 radical (unpaired) electrons. The highest BCUT2D eigenvalue weighted by Gasteiger charge is 2.27. The highest BCUT2D eigenvalue weighted by atomic mass is 31.2. The van der Waals surface area contributed by atoms with Crippen LogP contribution in [0.2, 0.25) is 0 Å². The van der Waals surface area contributed by atoms with Gasteiger partial charge in [0.15, 0.2) is 0 Å². The first-order chi connectivity index (χ1) is 25.5. The zero-order valence-electron chi connectivity index (χ0n) is 34.0. The van der Waals surface area contributed by atoms with Crippen molar-refractivity contribution in [1.29, 1.82) is 0 Å². The number of nitrogens with one attached hydrogen (secondary N) is 1. The number of aliphatic hydroxyl groups excluding tert-OH is 1. The summed E-state index contributed by atoms with van der Waals surface area (Å²) in [4.78, 5) is 23.0. The molecule has 0 aliphatic heterocycles. The van der Waals surface area contributed by atoms with Gasteiger partial charge in [0.1, 0.15) is 13.2 Å². The Morgan fingerprint density at radius 2 is 1.15 bits per heavy atom. The Balaban J connectivity index is 4.71. The number of aliphatic hydroxyl groups is 1. The van der Waals surface area contributed by atoms with Crippen molar-refractivity contribution in [2.75, 3.05) is 40.9 Å². The van der Waals surface area contributed by atoms with Crippen molar-refractivity contribution in [2.45, 2.75) is 135 Å². The van der Waals surface area contributed by atoms with E-state index in [1.54, 1.807) is 6.08 Å². The van der Waals surface area contributed by atoms with Gasteiger partial charge in [-0.05, 0) is 83.5 Å². The Hall–Kier alpha value is -2.58. The molecule has 0 spiro atoms. The first-order valence-corrected chi connectivity index (χ1v) is 21.6. The van der Waals surface area contributed by atoms with E-state index >= 15 is 0 Å². The SMILES string of the molecule is CC/C=C\C/C=C\C/C=C\C/C=C\C/C=C\CCCC(=O)NC(COP(=O)(O)OCC[N+](C)(C)C)C(O)/C=C/CC/C=C/CC/C=C/CCCCCC. The molecule has 9 heteroatoms. The van der Waals surface area contributed by atoms with Crippen molar-refractivity contribution in [2.24, 2.45) is 0 Å². The fraction of sp³-hybridized carbons (Fsp3) is 0.614. The number of phosphoric ester groups is 1. The number of likely N-dealkylation sites (N-methyl/N-ethyl adjacent to an activating group) is 1. The molecule has 53 heavy (non-hydrogen) atoms. The second-order valence-corrected chi connectivity index (χ2v) is 15.7. The fourth-order valence-corrected chi connectivity index (χ4v) is 5.55. The average Bonchev–Trinajstić information content (AvgIpc) is 3.10. The van der Waals surface area contributed by atoms with E-state index in [1.807, 2.05) is 27.2 Å². The molecular formula is C44H76N2O6P+. The number of carbonyl (C=O) groups excluding carboxylic acids is 1. The molecular weight excluding hydrogens is 683 g/mol. The molecule has 0 aliphatic rings. The van der Waals surface area contributed by atoms with Crippen LogP contribution in [-0.4, -0.2) is 73.4 Å². The third-order valence-corrected chi connectivity index (χ3v) is 9.00. The third-order valence-electron chi connectivity index (χ3n) is 8.02.